The van der Waals surface area contributed by atoms with Gasteiger partial charge in [-0.2, -0.15) is 4.98 Å². The van der Waals surface area contributed by atoms with E-state index in [0.29, 0.717) is 11.6 Å². The molecule has 6 heteroatoms. The van der Waals surface area contributed by atoms with Crippen molar-refractivity contribution < 1.29 is 0 Å². The summed E-state index contributed by atoms with van der Waals surface area (Å²) in [7, 11) is 1.77. The summed E-state index contributed by atoms with van der Waals surface area (Å²) in [6, 6.07) is 7.17. The van der Waals surface area contributed by atoms with Gasteiger partial charge in [-0.1, -0.05) is 0 Å². The van der Waals surface area contributed by atoms with Gasteiger partial charge in [-0.25, -0.2) is 4.52 Å². The molecule has 0 aliphatic carbocycles. The van der Waals surface area contributed by atoms with E-state index in [1.807, 2.05) is 24.4 Å². The van der Waals surface area contributed by atoms with Gasteiger partial charge in [-0.3, -0.25) is 4.79 Å². The van der Waals surface area contributed by atoms with Gasteiger partial charge in [-0.15, -0.1) is 5.10 Å². The maximum absolute atomic E-state index is 11.4. The Hall–Kier alpha value is -2.63. The molecule has 0 spiro atoms. The Balaban J connectivity index is 2.28. The zero-order valence-corrected chi connectivity index (χ0v) is 9.71. The minimum absolute atomic E-state index is 0.136. The molecule has 0 unspecified atom stereocenters. The molecule has 18 heavy (non-hydrogen) atoms. The van der Waals surface area contributed by atoms with Crippen molar-refractivity contribution in [3.8, 4) is 11.1 Å². The highest BCUT2D eigenvalue weighted by Crippen LogP contribution is 2.22. The van der Waals surface area contributed by atoms with E-state index in [4.69, 9.17) is 0 Å². The number of H-pyrrole nitrogens is 1. The second-order valence-electron chi connectivity index (χ2n) is 3.82. The quantitative estimate of drug-likeness (QED) is 0.705. The molecular weight excluding hydrogens is 230 g/mol. The summed E-state index contributed by atoms with van der Waals surface area (Å²) in [6.45, 7) is 0. The summed E-state index contributed by atoms with van der Waals surface area (Å²) in [5.74, 6) is 0.548. The molecule has 0 amide bonds. The fourth-order valence-electron chi connectivity index (χ4n) is 1.85. The molecule has 0 radical (unpaired) electrons. The third kappa shape index (κ3) is 1.64. The molecule has 3 rings (SSSR count). The van der Waals surface area contributed by atoms with Crippen LogP contribution in [0.25, 0.3) is 16.8 Å². The van der Waals surface area contributed by atoms with Gasteiger partial charge in [0.05, 0.1) is 0 Å². The third-order valence-corrected chi connectivity index (χ3v) is 2.67. The molecule has 0 atom stereocenters. The van der Waals surface area contributed by atoms with Crippen LogP contribution in [0.5, 0.6) is 0 Å². The van der Waals surface area contributed by atoms with Gasteiger partial charge < -0.3 is 10.3 Å². The number of anilines is 1. The van der Waals surface area contributed by atoms with Crippen LogP contribution in [-0.4, -0.2) is 26.6 Å². The average Bonchev–Trinajstić information content (AvgIpc) is 2.81. The van der Waals surface area contributed by atoms with Crippen molar-refractivity contribution in [2.75, 3.05) is 12.4 Å². The van der Waals surface area contributed by atoms with Crippen molar-refractivity contribution in [2.45, 2.75) is 0 Å². The lowest BCUT2D eigenvalue weighted by molar-refractivity contribution is 0.964. The lowest BCUT2D eigenvalue weighted by Gasteiger charge is -2.01. The second-order valence-corrected chi connectivity index (χ2v) is 3.82. The van der Waals surface area contributed by atoms with Gasteiger partial charge in [0.15, 0.2) is 5.65 Å². The summed E-state index contributed by atoms with van der Waals surface area (Å²) in [6.07, 6.45) is 3.44. The average molecular weight is 241 g/mol. The van der Waals surface area contributed by atoms with Gasteiger partial charge in [-0.05, 0) is 23.8 Å². The Kier molecular flexibility index (Phi) is 2.33. The number of rotatable bonds is 2. The van der Waals surface area contributed by atoms with E-state index < -0.39 is 0 Å². The third-order valence-electron chi connectivity index (χ3n) is 2.67. The molecule has 0 aliphatic heterocycles. The number of aromatic amines is 1. The number of nitrogens with zero attached hydrogens (tertiary/aromatic N) is 3. The first-order chi connectivity index (χ1) is 8.78. The van der Waals surface area contributed by atoms with E-state index in [1.54, 1.807) is 23.8 Å². The molecule has 0 aromatic carbocycles. The van der Waals surface area contributed by atoms with Crippen molar-refractivity contribution >= 4 is 11.6 Å². The normalized spacial score (nSPS) is 10.7. The smallest absolute Gasteiger partial charge is 0.248 e. The van der Waals surface area contributed by atoms with Crippen LogP contribution in [0.15, 0.2) is 41.5 Å². The number of hydrogen-bond acceptors (Lipinski definition) is 4. The van der Waals surface area contributed by atoms with E-state index in [9.17, 15) is 4.79 Å². The SMILES string of the molecule is CNc1nc2c(-c3cc[nH]c(=O)c3)cccn2n1. The van der Waals surface area contributed by atoms with Crippen LogP contribution in [-0.2, 0) is 0 Å². The number of fused-ring (bicyclic) bond motifs is 1. The fourth-order valence-corrected chi connectivity index (χ4v) is 1.85. The number of nitrogens with one attached hydrogen (secondary N) is 2. The Morgan fingerprint density at radius 3 is 3.06 bits per heavy atom. The number of hydrogen-bond donors (Lipinski definition) is 2. The molecule has 2 N–H and O–H groups in total. The zero-order valence-electron chi connectivity index (χ0n) is 9.71. The van der Waals surface area contributed by atoms with Crippen molar-refractivity contribution in [3.63, 3.8) is 0 Å². The van der Waals surface area contributed by atoms with Crippen molar-refractivity contribution in [3.05, 3.63) is 47.0 Å². The van der Waals surface area contributed by atoms with E-state index in [-0.39, 0.29) is 5.56 Å². The molecule has 3 aromatic heterocycles. The van der Waals surface area contributed by atoms with Crippen molar-refractivity contribution in [1.29, 1.82) is 0 Å². The number of aromatic nitrogens is 4. The van der Waals surface area contributed by atoms with Gasteiger partial charge >= 0.3 is 0 Å². The Bertz CT molecular complexity index is 758. The van der Waals surface area contributed by atoms with Gasteiger partial charge in [0, 0.05) is 31.1 Å². The molecular formula is C12H11N5O. The van der Waals surface area contributed by atoms with Crippen LogP contribution in [0.4, 0.5) is 5.95 Å². The Morgan fingerprint density at radius 2 is 2.28 bits per heavy atom. The van der Waals surface area contributed by atoms with Gasteiger partial charge in [0.25, 0.3) is 0 Å². The monoisotopic (exact) mass is 241 g/mol. The maximum atomic E-state index is 11.4. The highest BCUT2D eigenvalue weighted by molar-refractivity contribution is 5.77. The second kappa shape index (κ2) is 3.99. The van der Waals surface area contributed by atoms with Crippen LogP contribution < -0.4 is 10.9 Å². The molecule has 0 saturated heterocycles. The summed E-state index contributed by atoms with van der Waals surface area (Å²) in [5, 5.41) is 7.14. The largest absolute Gasteiger partial charge is 0.356 e. The molecule has 3 heterocycles. The van der Waals surface area contributed by atoms with E-state index in [0.717, 1.165) is 11.1 Å². The first-order valence-electron chi connectivity index (χ1n) is 5.50. The van der Waals surface area contributed by atoms with Crippen LogP contribution in [0.3, 0.4) is 0 Å². The van der Waals surface area contributed by atoms with Crippen LogP contribution in [0, 0.1) is 0 Å². The maximum Gasteiger partial charge on any atom is 0.248 e. The summed E-state index contributed by atoms with van der Waals surface area (Å²) in [4.78, 5) is 18.3. The van der Waals surface area contributed by atoms with Crippen molar-refractivity contribution in [2.24, 2.45) is 0 Å². The number of pyridine rings is 2. The van der Waals surface area contributed by atoms with Crippen molar-refractivity contribution in [1.82, 2.24) is 19.6 Å². The topological polar surface area (TPSA) is 75.1 Å². The first-order valence-corrected chi connectivity index (χ1v) is 5.50. The lowest BCUT2D eigenvalue weighted by Crippen LogP contribution is -2.02. The first kappa shape index (κ1) is 10.5. The summed E-state index contributed by atoms with van der Waals surface area (Å²) in [5.41, 5.74) is 2.27. The molecule has 0 saturated carbocycles. The molecule has 0 aliphatic rings. The highest BCUT2D eigenvalue weighted by atomic mass is 16.1. The minimum atomic E-state index is -0.136. The standard InChI is InChI=1S/C12H11N5O/c1-13-12-15-11-9(3-2-6-17(11)16-12)8-4-5-14-10(18)7-8/h2-7H,1H3,(H,13,16)(H,14,18). The van der Waals surface area contributed by atoms with Gasteiger partial charge in [0.1, 0.15) is 0 Å². The zero-order chi connectivity index (χ0) is 12.5. The Morgan fingerprint density at radius 1 is 1.39 bits per heavy atom. The molecule has 90 valence electrons. The van der Waals surface area contributed by atoms with E-state index in [2.05, 4.69) is 20.4 Å². The molecule has 6 nitrogen and oxygen atoms in total. The fraction of sp³-hybridized carbons (Fsp3) is 0.0833. The van der Waals surface area contributed by atoms with E-state index in [1.165, 1.54) is 0 Å². The van der Waals surface area contributed by atoms with Crippen LogP contribution in [0.1, 0.15) is 0 Å². The minimum Gasteiger partial charge on any atom is -0.356 e. The molecule has 3 aromatic rings. The lowest BCUT2D eigenvalue weighted by atomic mass is 10.1. The molecule has 0 fully saturated rings. The Labute approximate surface area is 102 Å². The predicted molar refractivity (Wildman–Crippen MR) is 68.6 cm³/mol. The predicted octanol–water partition coefficient (Wildman–Crippen LogP) is 1.13. The van der Waals surface area contributed by atoms with Crippen LogP contribution in [0.2, 0.25) is 0 Å². The summed E-state index contributed by atoms with van der Waals surface area (Å²) >= 11 is 0. The summed E-state index contributed by atoms with van der Waals surface area (Å²) < 4.78 is 1.68. The molecule has 0 bridgehead atoms. The van der Waals surface area contributed by atoms with Crippen LogP contribution >= 0.6 is 0 Å². The highest BCUT2D eigenvalue weighted by Gasteiger charge is 2.08. The van der Waals surface area contributed by atoms with E-state index >= 15 is 0 Å². The van der Waals surface area contributed by atoms with Gasteiger partial charge in [0.2, 0.25) is 11.5 Å².